The summed E-state index contributed by atoms with van der Waals surface area (Å²) in [6.07, 6.45) is 0. The van der Waals surface area contributed by atoms with Crippen molar-refractivity contribution < 1.29 is 19.1 Å². The van der Waals surface area contributed by atoms with Crippen LogP contribution >= 0.6 is 11.8 Å². The van der Waals surface area contributed by atoms with Gasteiger partial charge >= 0.3 is 0 Å². The fourth-order valence-corrected chi connectivity index (χ4v) is 5.28. The van der Waals surface area contributed by atoms with E-state index in [-0.39, 0.29) is 23.6 Å². The lowest BCUT2D eigenvalue weighted by molar-refractivity contribution is -0.139. The Morgan fingerprint density at radius 3 is 2.50 bits per heavy atom. The highest BCUT2D eigenvalue weighted by Crippen LogP contribution is 2.55. The number of aryl methyl sites for hydroxylation is 2. The molecule has 4 rings (SSSR count). The predicted octanol–water partition coefficient (Wildman–Crippen LogP) is 2.88. The minimum Gasteiger partial charge on any atom is -0.492 e. The molecule has 0 saturated heterocycles. The first-order valence-electron chi connectivity index (χ1n) is 10.2. The summed E-state index contributed by atoms with van der Waals surface area (Å²) in [5.74, 6) is -0.288. The number of nitrogens with one attached hydrogen (secondary N) is 1. The van der Waals surface area contributed by atoms with E-state index in [4.69, 9.17) is 4.74 Å². The van der Waals surface area contributed by atoms with Crippen molar-refractivity contribution in [2.24, 2.45) is 5.10 Å². The summed E-state index contributed by atoms with van der Waals surface area (Å²) in [5.41, 5.74) is 3.45. The number of nitrogens with zero attached hydrogens (tertiary/aromatic N) is 3. The number of ether oxygens (including phenoxy) is 1. The van der Waals surface area contributed by atoms with Crippen molar-refractivity contribution >= 4 is 40.3 Å². The molecule has 0 fully saturated rings. The average Bonchev–Trinajstić information content (AvgIpc) is 3.22. The highest BCUT2D eigenvalue weighted by molar-refractivity contribution is 8.15. The number of para-hydroxylation sites is 1. The summed E-state index contributed by atoms with van der Waals surface area (Å²) in [5, 5.41) is 8.26. The van der Waals surface area contributed by atoms with Gasteiger partial charge in [-0.05, 0) is 43.3 Å². The maximum atomic E-state index is 13.8. The SMILES string of the molecule is CC(=O)NC1=NN(C(C)=O)[C@@]2(S1)C(=O)N(CCOc1ccc(C)cc1)c1c(C)cccc12. The summed E-state index contributed by atoms with van der Waals surface area (Å²) in [6.45, 7) is 7.22. The van der Waals surface area contributed by atoms with Gasteiger partial charge in [0.2, 0.25) is 16.7 Å². The molecular formula is C23H24N4O4S. The van der Waals surface area contributed by atoms with Crippen molar-refractivity contribution in [3.63, 3.8) is 0 Å². The van der Waals surface area contributed by atoms with Crippen molar-refractivity contribution in [2.75, 3.05) is 18.1 Å². The lowest BCUT2D eigenvalue weighted by Gasteiger charge is -2.29. The molecule has 1 N–H and O–H groups in total. The van der Waals surface area contributed by atoms with Crippen molar-refractivity contribution in [1.29, 1.82) is 0 Å². The Morgan fingerprint density at radius 2 is 1.84 bits per heavy atom. The highest BCUT2D eigenvalue weighted by atomic mass is 32.2. The zero-order valence-electron chi connectivity index (χ0n) is 18.3. The molecule has 2 aromatic rings. The second-order valence-electron chi connectivity index (χ2n) is 7.75. The number of thioether (sulfide) groups is 1. The van der Waals surface area contributed by atoms with E-state index in [1.54, 1.807) is 4.90 Å². The number of hydrazone groups is 1. The van der Waals surface area contributed by atoms with Gasteiger partial charge in [0.1, 0.15) is 12.4 Å². The second-order valence-corrected chi connectivity index (χ2v) is 8.93. The fraction of sp³-hybridized carbons (Fsp3) is 0.304. The third-order valence-electron chi connectivity index (χ3n) is 5.33. The van der Waals surface area contributed by atoms with Crippen LogP contribution in [0.4, 0.5) is 5.69 Å². The van der Waals surface area contributed by atoms with Crippen molar-refractivity contribution in [1.82, 2.24) is 10.3 Å². The summed E-state index contributed by atoms with van der Waals surface area (Å²) in [6, 6.07) is 13.3. The van der Waals surface area contributed by atoms with Crippen LogP contribution in [0.1, 0.15) is 30.5 Å². The molecule has 2 aliphatic heterocycles. The van der Waals surface area contributed by atoms with E-state index in [1.165, 1.54) is 18.9 Å². The van der Waals surface area contributed by atoms with Crippen LogP contribution in [0.2, 0.25) is 0 Å². The van der Waals surface area contributed by atoms with Gasteiger partial charge in [0, 0.05) is 19.4 Å². The maximum absolute atomic E-state index is 13.8. The van der Waals surface area contributed by atoms with Crippen molar-refractivity contribution in [3.05, 3.63) is 59.2 Å². The molecule has 3 amide bonds. The smallest absolute Gasteiger partial charge is 0.270 e. The first-order valence-corrected chi connectivity index (χ1v) is 11.0. The van der Waals surface area contributed by atoms with Crippen LogP contribution in [-0.4, -0.2) is 41.0 Å². The van der Waals surface area contributed by atoms with E-state index < -0.39 is 10.8 Å². The molecule has 0 radical (unpaired) electrons. The van der Waals surface area contributed by atoms with Crippen LogP contribution in [0.5, 0.6) is 5.75 Å². The Labute approximate surface area is 190 Å². The predicted molar refractivity (Wildman–Crippen MR) is 123 cm³/mol. The molecule has 8 nitrogen and oxygen atoms in total. The van der Waals surface area contributed by atoms with E-state index >= 15 is 0 Å². The topological polar surface area (TPSA) is 91.3 Å². The quantitative estimate of drug-likeness (QED) is 0.770. The minimum absolute atomic E-state index is 0.214. The van der Waals surface area contributed by atoms with Crippen molar-refractivity contribution in [2.45, 2.75) is 32.6 Å². The van der Waals surface area contributed by atoms with Crippen LogP contribution in [0, 0.1) is 13.8 Å². The monoisotopic (exact) mass is 452 g/mol. The summed E-state index contributed by atoms with van der Waals surface area (Å²) >= 11 is 1.07. The Hall–Kier alpha value is -3.33. The molecule has 166 valence electrons. The van der Waals surface area contributed by atoms with E-state index in [1.807, 2.05) is 56.3 Å². The number of rotatable bonds is 4. The highest BCUT2D eigenvalue weighted by Gasteiger charge is 2.61. The third-order valence-corrected chi connectivity index (χ3v) is 6.57. The van der Waals surface area contributed by atoms with Gasteiger partial charge in [0.15, 0.2) is 5.17 Å². The molecule has 0 saturated carbocycles. The number of anilines is 1. The molecule has 2 aliphatic rings. The number of benzene rings is 2. The summed E-state index contributed by atoms with van der Waals surface area (Å²) < 4.78 is 5.86. The van der Waals surface area contributed by atoms with Crippen LogP contribution in [0.15, 0.2) is 47.6 Å². The van der Waals surface area contributed by atoms with Crippen LogP contribution in [0.3, 0.4) is 0 Å². The molecule has 1 spiro atoms. The van der Waals surface area contributed by atoms with Gasteiger partial charge in [-0.2, -0.15) is 5.01 Å². The van der Waals surface area contributed by atoms with Gasteiger partial charge in [0.05, 0.1) is 12.2 Å². The van der Waals surface area contributed by atoms with E-state index in [9.17, 15) is 14.4 Å². The molecule has 0 aliphatic carbocycles. The lowest BCUT2D eigenvalue weighted by Crippen LogP contribution is -2.49. The Bertz CT molecular complexity index is 1130. The normalized spacial score (nSPS) is 19.2. The number of amides is 3. The lowest BCUT2D eigenvalue weighted by atomic mass is 10.0. The maximum Gasteiger partial charge on any atom is 0.270 e. The number of hydrogen-bond donors (Lipinski definition) is 1. The third kappa shape index (κ3) is 3.62. The Balaban J connectivity index is 1.66. The molecule has 0 bridgehead atoms. The molecule has 0 unspecified atom stereocenters. The molecule has 2 aromatic carbocycles. The largest absolute Gasteiger partial charge is 0.492 e. The number of amidine groups is 1. The molecule has 2 heterocycles. The Kier molecular flexibility index (Phi) is 5.68. The van der Waals surface area contributed by atoms with Gasteiger partial charge < -0.3 is 15.0 Å². The zero-order valence-corrected chi connectivity index (χ0v) is 19.2. The molecular weight excluding hydrogens is 428 g/mol. The number of hydrogen-bond acceptors (Lipinski definition) is 6. The average molecular weight is 453 g/mol. The Morgan fingerprint density at radius 1 is 1.12 bits per heavy atom. The molecule has 32 heavy (non-hydrogen) atoms. The summed E-state index contributed by atoms with van der Waals surface area (Å²) in [4.78, 5) is 38.2. The zero-order chi connectivity index (χ0) is 23.0. The fourth-order valence-electron chi connectivity index (χ4n) is 3.95. The van der Waals surface area contributed by atoms with E-state index in [0.29, 0.717) is 12.1 Å². The number of carbonyl (C=O) groups excluding carboxylic acids is 3. The second kappa shape index (κ2) is 8.31. The first-order chi connectivity index (χ1) is 15.2. The van der Waals surface area contributed by atoms with Crippen molar-refractivity contribution in [3.8, 4) is 5.75 Å². The van der Waals surface area contributed by atoms with Gasteiger partial charge in [-0.3, -0.25) is 14.4 Å². The standard InChI is InChI=1S/C23H24N4O4S/c1-14-8-10-18(11-9-14)31-13-12-26-20-15(2)6-5-7-19(20)23(21(26)30)27(17(4)29)25-22(32-23)24-16(3)28/h5-11H,12-13H2,1-4H3,(H,24,25,28)/t23-/m0/s1. The van der Waals surface area contributed by atoms with Crippen LogP contribution in [0.25, 0.3) is 0 Å². The van der Waals surface area contributed by atoms with Gasteiger partial charge in [0.25, 0.3) is 5.91 Å². The van der Waals surface area contributed by atoms with Gasteiger partial charge in [-0.1, -0.05) is 35.9 Å². The number of fused-ring (bicyclic) bond motifs is 2. The minimum atomic E-state index is -1.39. The van der Waals surface area contributed by atoms with Gasteiger partial charge in [-0.15, -0.1) is 5.10 Å². The summed E-state index contributed by atoms with van der Waals surface area (Å²) in [7, 11) is 0. The molecule has 9 heteroatoms. The first kappa shape index (κ1) is 21.9. The van der Waals surface area contributed by atoms with E-state index in [0.717, 1.165) is 34.3 Å². The number of carbonyl (C=O) groups is 3. The van der Waals surface area contributed by atoms with Crippen LogP contribution in [-0.2, 0) is 19.3 Å². The van der Waals surface area contributed by atoms with E-state index in [2.05, 4.69) is 10.4 Å². The van der Waals surface area contributed by atoms with Crippen LogP contribution < -0.4 is 15.0 Å². The van der Waals surface area contributed by atoms with Gasteiger partial charge in [-0.25, -0.2) is 0 Å². The molecule has 0 aromatic heterocycles. The molecule has 1 atom stereocenters.